The molecular formula is C20H24ClF3N2O3. The van der Waals surface area contributed by atoms with Crippen molar-refractivity contribution in [1.82, 2.24) is 9.80 Å². The van der Waals surface area contributed by atoms with Crippen molar-refractivity contribution >= 4 is 23.5 Å². The van der Waals surface area contributed by atoms with Crippen LogP contribution in [0, 0.1) is 0 Å². The molecule has 5 nitrogen and oxygen atoms in total. The van der Waals surface area contributed by atoms with Crippen molar-refractivity contribution in [3.8, 4) is 0 Å². The van der Waals surface area contributed by atoms with E-state index in [-0.39, 0.29) is 11.4 Å². The van der Waals surface area contributed by atoms with Gasteiger partial charge >= 0.3 is 12.1 Å². The molecule has 1 spiro atoms. The molecule has 2 heterocycles. The van der Waals surface area contributed by atoms with Crippen LogP contribution in [0.4, 0.5) is 13.2 Å². The number of amides is 1. The summed E-state index contributed by atoms with van der Waals surface area (Å²) in [7, 11) is 0. The highest BCUT2D eigenvalue weighted by molar-refractivity contribution is 6.30. The van der Waals surface area contributed by atoms with E-state index in [0.29, 0.717) is 5.02 Å². The molecule has 0 aliphatic carbocycles. The predicted molar refractivity (Wildman–Crippen MR) is 104 cm³/mol. The lowest BCUT2D eigenvalue weighted by Crippen LogP contribution is -2.56. The first-order valence-corrected chi connectivity index (χ1v) is 9.68. The molecule has 0 aromatic heterocycles. The van der Waals surface area contributed by atoms with Gasteiger partial charge in [0, 0.05) is 35.8 Å². The Morgan fingerprint density at radius 1 is 1.17 bits per heavy atom. The normalized spacial score (nSPS) is 22.1. The smallest absolute Gasteiger partial charge is 0.475 e. The molecule has 0 radical (unpaired) electrons. The van der Waals surface area contributed by atoms with Crippen LogP contribution in [-0.2, 0) is 4.79 Å². The average Bonchev–Trinajstić information content (AvgIpc) is 3.03. The van der Waals surface area contributed by atoms with E-state index in [1.165, 1.54) is 19.3 Å². The van der Waals surface area contributed by atoms with E-state index in [9.17, 15) is 18.0 Å². The zero-order chi connectivity index (χ0) is 21.7. The summed E-state index contributed by atoms with van der Waals surface area (Å²) < 4.78 is 31.7. The summed E-state index contributed by atoms with van der Waals surface area (Å²) in [5.41, 5.74) is 0.892. The summed E-state index contributed by atoms with van der Waals surface area (Å²) in [5, 5.41) is 7.79. The van der Waals surface area contributed by atoms with Crippen molar-refractivity contribution in [3.63, 3.8) is 0 Å². The summed E-state index contributed by atoms with van der Waals surface area (Å²) in [6.07, 6.45) is 1.56. The predicted octanol–water partition coefficient (Wildman–Crippen LogP) is 4.23. The molecule has 0 bridgehead atoms. The number of benzene rings is 1. The van der Waals surface area contributed by atoms with Crippen LogP contribution in [0.25, 0.3) is 0 Å². The van der Waals surface area contributed by atoms with Gasteiger partial charge in [0.15, 0.2) is 0 Å². The van der Waals surface area contributed by atoms with Crippen LogP contribution in [0.15, 0.2) is 36.9 Å². The van der Waals surface area contributed by atoms with Gasteiger partial charge in [0.1, 0.15) is 0 Å². The Morgan fingerprint density at radius 2 is 1.72 bits per heavy atom. The van der Waals surface area contributed by atoms with Gasteiger partial charge in [-0.3, -0.25) is 9.69 Å². The van der Waals surface area contributed by atoms with Crippen molar-refractivity contribution in [2.45, 2.75) is 37.4 Å². The van der Waals surface area contributed by atoms with Crippen molar-refractivity contribution < 1.29 is 27.9 Å². The van der Waals surface area contributed by atoms with Gasteiger partial charge in [-0.25, -0.2) is 4.79 Å². The molecule has 2 fully saturated rings. The fraction of sp³-hybridized carbons (Fsp3) is 0.500. The molecule has 1 aromatic carbocycles. The van der Waals surface area contributed by atoms with Crippen LogP contribution >= 0.6 is 11.6 Å². The van der Waals surface area contributed by atoms with Gasteiger partial charge in [0.25, 0.3) is 5.91 Å². The lowest BCUT2D eigenvalue weighted by Gasteiger charge is -2.45. The van der Waals surface area contributed by atoms with Crippen LogP contribution in [0.5, 0.6) is 0 Å². The molecule has 29 heavy (non-hydrogen) atoms. The Bertz CT molecular complexity index is 739. The molecule has 160 valence electrons. The highest BCUT2D eigenvalue weighted by Crippen LogP contribution is 2.37. The number of aliphatic carboxylic acids is 1. The van der Waals surface area contributed by atoms with Crippen LogP contribution in [0.1, 0.15) is 36.0 Å². The number of alkyl halides is 3. The molecule has 2 saturated heterocycles. The third-order valence-corrected chi connectivity index (χ3v) is 5.52. The van der Waals surface area contributed by atoms with E-state index < -0.39 is 12.1 Å². The zero-order valence-electron chi connectivity index (χ0n) is 15.9. The fourth-order valence-electron chi connectivity index (χ4n) is 3.96. The fourth-order valence-corrected chi connectivity index (χ4v) is 4.08. The highest BCUT2D eigenvalue weighted by Gasteiger charge is 2.44. The maximum absolute atomic E-state index is 12.8. The van der Waals surface area contributed by atoms with Crippen molar-refractivity contribution in [3.05, 3.63) is 47.5 Å². The Morgan fingerprint density at radius 3 is 2.24 bits per heavy atom. The summed E-state index contributed by atoms with van der Waals surface area (Å²) >= 11 is 5.91. The minimum atomic E-state index is -5.08. The number of nitrogens with zero attached hydrogens (tertiary/aromatic N) is 2. The second kappa shape index (κ2) is 9.63. The molecule has 1 unspecified atom stereocenters. The third-order valence-electron chi connectivity index (χ3n) is 5.27. The van der Waals surface area contributed by atoms with Crippen molar-refractivity contribution in [1.29, 1.82) is 0 Å². The molecule has 2 aliphatic rings. The lowest BCUT2D eigenvalue weighted by atomic mass is 9.86. The topological polar surface area (TPSA) is 60.9 Å². The zero-order valence-corrected chi connectivity index (χ0v) is 16.7. The molecule has 1 atom stereocenters. The number of hydrogen-bond acceptors (Lipinski definition) is 3. The largest absolute Gasteiger partial charge is 0.490 e. The Balaban J connectivity index is 0.000000370. The van der Waals surface area contributed by atoms with Gasteiger partial charge in [0.2, 0.25) is 0 Å². The number of carboxylic acid groups (broad SMARTS) is 1. The molecule has 9 heteroatoms. The Hall–Kier alpha value is -2.06. The van der Waals surface area contributed by atoms with Gasteiger partial charge < -0.3 is 10.0 Å². The van der Waals surface area contributed by atoms with E-state index in [1.54, 1.807) is 12.1 Å². The van der Waals surface area contributed by atoms with Crippen LogP contribution in [0.2, 0.25) is 5.02 Å². The van der Waals surface area contributed by atoms with Crippen LogP contribution < -0.4 is 0 Å². The standard InChI is InChI=1S/C18H23ClN2O.C2HF3O2/c1-2-11-21-13-4-10-18(21)9-3-12-20(14-18)17(22)15-5-7-16(19)8-6-15;3-2(4,5)1(6)7/h2,5-8H,1,3-4,9-14H2;(H,6,7). The first-order chi connectivity index (χ1) is 13.6. The number of halogens is 4. The third kappa shape index (κ3) is 5.96. The van der Waals surface area contributed by atoms with E-state index in [4.69, 9.17) is 21.5 Å². The van der Waals surface area contributed by atoms with Gasteiger partial charge in [0.05, 0.1) is 0 Å². The summed E-state index contributed by atoms with van der Waals surface area (Å²) in [4.78, 5) is 26.2. The number of hydrogen-bond donors (Lipinski definition) is 1. The lowest BCUT2D eigenvalue weighted by molar-refractivity contribution is -0.192. The SMILES string of the molecule is C=CCN1CCCC12CCCN(C(=O)c1ccc(Cl)cc1)C2.O=C(O)C(F)(F)F. The van der Waals surface area contributed by atoms with E-state index >= 15 is 0 Å². The monoisotopic (exact) mass is 432 g/mol. The molecule has 1 amide bonds. The molecular weight excluding hydrogens is 409 g/mol. The van der Waals surface area contributed by atoms with Gasteiger partial charge in [-0.1, -0.05) is 17.7 Å². The molecule has 1 aromatic rings. The minimum Gasteiger partial charge on any atom is -0.475 e. The summed E-state index contributed by atoms with van der Waals surface area (Å²) in [5.74, 6) is -2.63. The van der Waals surface area contributed by atoms with Gasteiger partial charge in [-0.2, -0.15) is 13.2 Å². The first kappa shape index (κ1) is 23.2. The van der Waals surface area contributed by atoms with Gasteiger partial charge in [-0.15, -0.1) is 6.58 Å². The van der Waals surface area contributed by atoms with E-state index in [2.05, 4.69) is 11.5 Å². The summed E-state index contributed by atoms with van der Waals surface area (Å²) in [6, 6.07) is 7.21. The number of piperidine rings is 1. The number of carboxylic acids is 1. The van der Waals surface area contributed by atoms with Crippen molar-refractivity contribution in [2.75, 3.05) is 26.2 Å². The quantitative estimate of drug-likeness (QED) is 0.726. The second-order valence-corrected chi connectivity index (χ2v) is 7.64. The second-order valence-electron chi connectivity index (χ2n) is 7.20. The number of carbonyl (C=O) groups excluding carboxylic acids is 1. The maximum atomic E-state index is 12.8. The Kier molecular flexibility index (Phi) is 7.71. The van der Waals surface area contributed by atoms with E-state index in [0.717, 1.165) is 38.2 Å². The van der Waals surface area contributed by atoms with Crippen LogP contribution in [-0.4, -0.2) is 64.7 Å². The number of likely N-dealkylation sites (tertiary alicyclic amines) is 2. The summed E-state index contributed by atoms with van der Waals surface area (Å²) in [6.45, 7) is 7.61. The highest BCUT2D eigenvalue weighted by atomic mass is 35.5. The van der Waals surface area contributed by atoms with Crippen LogP contribution in [0.3, 0.4) is 0 Å². The number of rotatable bonds is 3. The molecule has 1 N–H and O–H groups in total. The van der Waals surface area contributed by atoms with Gasteiger partial charge in [-0.05, 0) is 56.5 Å². The van der Waals surface area contributed by atoms with E-state index in [1.807, 2.05) is 23.1 Å². The molecule has 0 saturated carbocycles. The first-order valence-electron chi connectivity index (χ1n) is 9.30. The number of carbonyl (C=O) groups is 2. The maximum Gasteiger partial charge on any atom is 0.490 e. The molecule has 3 rings (SSSR count). The average molecular weight is 433 g/mol. The Labute approximate surface area is 172 Å². The van der Waals surface area contributed by atoms with Crippen molar-refractivity contribution in [2.24, 2.45) is 0 Å². The molecule has 2 aliphatic heterocycles. The minimum absolute atomic E-state index is 0.126.